The lowest BCUT2D eigenvalue weighted by Crippen LogP contribution is -2.35. The highest BCUT2D eigenvalue weighted by molar-refractivity contribution is 5.75. The highest BCUT2D eigenvalue weighted by Crippen LogP contribution is 2.35. The fourth-order valence-electron chi connectivity index (χ4n) is 2.96. The molecule has 0 aliphatic carbocycles. The lowest BCUT2D eigenvalue weighted by atomic mass is 10.1. The second kappa shape index (κ2) is 8.69. The summed E-state index contributed by atoms with van der Waals surface area (Å²) in [7, 11) is 0. The molecule has 0 atom stereocenters. The number of benzene rings is 2. The first-order valence-electron chi connectivity index (χ1n) is 9.53. The van der Waals surface area contributed by atoms with Gasteiger partial charge in [-0.3, -0.25) is 9.59 Å². The Morgan fingerprint density at radius 3 is 2.73 bits per heavy atom. The van der Waals surface area contributed by atoms with Crippen molar-refractivity contribution in [1.82, 2.24) is 15.1 Å². The first kappa shape index (κ1) is 19.5. The third-order valence-electron chi connectivity index (χ3n) is 4.54. The Balaban J connectivity index is 1.34. The van der Waals surface area contributed by atoms with Crippen LogP contribution in [0.3, 0.4) is 0 Å². The number of nitrogens with zero attached hydrogens (tertiary/aromatic N) is 2. The molecule has 0 saturated heterocycles. The van der Waals surface area contributed by atoms with Crippen LogP contribution >= 0.6 is 0 Å². The lowest BCUT2D eigenvalue weighted by molar-refractivity contribution is -0.122. The third-order valence-corrected chi connectivity index (χ3v) is 4.54. The number of carbonyl (C=O) groups excluding carboxylic acids is 1. The van der Waals surface area contributed by atoms with Crippen molar-refractivity contribution in [2.75, 3.05) is 19.9 Å². The van der Waals surface area contributed by atoms with Crippen LogP contribution in [-0.2, 0) is 11.3 Å². The van der Waals surface area contributed by atoms with Crippen molar-refractivity contribution < 1.29 is 19.0 Å². The van der Waals surface area contributed by atoms with E-state index < -0.39 is 0 Å². The van der Waals surface area contributed by atoms with Crippen LogP contribution in [0.25, 0.3) is 11.3 Å². The number of hydrogen-bond donors (Lipinski definition) is 1. The van der Waals surface area contributed by atoms with Crippen molar-refractivity contribution in [2.45, 2.75) is 13.5 Å². The minimum Gasteiger partial charge on any atom is -0.492 e. The number of nitrogens with one attached hydrogen (secondary N) is 1. The second-order valence-corrected chi connectivity index (χ2v) is 6.79. The summed E-state index contributed by atoms with van der Waals surface area (Å²) in [5.74, 6) is 1.71. The Kier molecular flexibility index (Phi) is 5.65. The van der Waals surface area contributed by atoms with Crippen LogP contribution in [-0.4, -0.2) is 35.6 Å². The van der Waals surface area contributed by atoms with Crippen LogP contribution in [0.5, 0.6) is 17.2 Å². The smallest absolute Gasteiger partial charge is 0.267 e. The quantitative estimate of drug-likeness (QED) is 0.604. The highest BCUT2D eigenvalue weighted by atomic mass is 16.7. The van der Waals surface area contributed by atoms with Gasteiger partial charge in [0.25, 0.3) is 5.56 Å². The largest absolute Gasteiger partial charge is 0.492 e. The number of ether oxygens (including phenoxy) is 3. The van der Waals surface area contributed by atoms with Gasteiger partial charge in [-0.05, 0) is 43.3 Å². The van der Waals surface area contributed by atoms with Gasteiger partial charge in [0.15, 0.2) is 11.5 Å². The van der Waals surface area contributed by atoms with E-state index in [1.165, 1.54) is 6.07 Å². The molecule has 30 heavy (non-hydrogen) atoms. The molecule has 0 bridgehead atoms. The molecule has 4 rings (SSSR count). The fraction of sp³-hybridized carbons (Fsp3) is 0.227. The van der Waals surface area contributed by atoms with Crippen LogP contribution in [0.1, 0.15) is 5.56 Å². The van der Waals surface area contributed by atoms with E-state index in [2.05, 4.69) is 10.4 Å². The molecule has 1 aliphatic heterocycles. The van der Waals surface area contributed by atoms with Gasteiger partial charge < -0.3 is 19.5 Å². The minimum absolute atomic E-state index is 0.179. The molecule has 8 heteroatoms. The summed E-state index contributed by atoms with van der Waals surface area (Å²) in [5.41, 5.74) is 2.12. The number of aryl methyl sites for hydroxylation is 1. The topological polar surface area (TPSA) is 91.7 Å². The van der Waals surface area contributed by atoms with Gasteiger partial charge >= 0.3 is 0 Å². The van der Waals surface area contributed by atoms with Crippen LogP contribution in [0.4, 0.5) is 0 Å². The van der Waals surface area contributed by atoms with E-state index in [4.69, 9.17) is 14.2 Å². The minimum atomic E-state index is -0.356. The zero-order chi connectivity index (χ0) is 20.9. The van der Waals surface area contributed by atoms with E-state index in [1.54, 1.807) is 18.2 Å². The Hall–Kier alpha value is -3.81. The van der Waals surface area contributed by atoms with Gasteiger partial charge in [-0.15, -0.1) is 0 Å². The van der Waals surface area contributed by atoms with Gasteiger partial charge in [0.05, 0.1) is 12.2 Å². The zero-order valence-corrected chi connectivity index (χ0v) is 16.5. The van der Waals surface area contributed by atoms with Gasteiger partial charge in [-0.25, -0.2) is 4.68 Å². The van der Waals surface area contributed by atoms with Crippen molar-refractivity contribution in [3.05, 3.63) is 70.5 Å². The van der Waals surface area contributed by atoms with E-state index in [0.29, 0.717) is 30.3 Å². The Bertz CT molecular complexity index is 1110. The molecule has 8 nitrogen and oxygen atoms in total. The van der Waals surface area contributed by atoms with Crippen LogP contribution < -0.4 is 25.1 Å². The molecular formula is C22H21N3O5. The monoisotopic (exact) mass is 407 g/mol. The van der Waals surface area contributed by atoms with E-state index in [0.717, 1.165) is 21.6 Å². The molecule has 0 fully saturated rings. The van der Waals surface area contributed by atoms with Crippen molar-refractivity contribution in [1.29, 1.82) is 0 Å². The summed E-state index contributed by atoms with van der Waals surface area (Å²) in [6.45, 7) is 2.65. The Labute approximate surface area is 173 Å². The average molecular weight is 407 g/mol. The molecule has 2 aromatic carbocycles. The van der Waals surface area contributed by atoms with Crippen molar-refractivity contribution in [3.8, 4) is 28.5 Å². The van der Waals surface area contributed by atoms with Gasteiger partial charge in [-0.1, -0.05) is 17.7 Å². The highest BCUT2D eigenvalue weighted by Gasteiger charge is 2.15. The molecule has 1 aliphatic rings. The van der Waals surface area contributed by atoms with Crippen molar-refractivity contribution >= 4 is 5.91 Å². The number of amides is 1. The first-order chi connectivity index (χ1) is 14.6. The predicted molar refractivity (Wildman–Crippen MR) is 110 cm³/mol. The number of fused-ring (bicyclic) bond motifs is 1. The number of carbonyl (C=O) groups is 1. The lowest BCUT2D eigenvalue weighted by Gasteiger charge is -2.10. The standard InChI is InChI=1S/C22H21N3O5/c1-15-2-5-17(6-3-15)28-11-10-23-21(26)13-25-22(27)9-7-18(24-25)16-4-8-19-20(12-16)30-14-29-19/h2-9,12H,10-11,13-14H2,1H3,(H,23,26). The predicted octanol–water partition coefficient (Wildman–Crippen LogP) is 2.14. The molecular weight excluding hydrogens is 386 g/mol. The molecule has 3 aromatic rings. The number of aromatic nitrogens is 2. The van der Waals surface area contributed by atoms with Crippen molar-refractivity contribution in [3.63, 3.8) is 0 Å². The SMILES string of the molecule is Cc1ccc(OCCNC(=O)Cn2nc(-c3ccc4c(c3)OCO4)ccc2=O)cc1. The van der Waals surface area contributed by atoms with Crippen molar-refractivity contribution in [2.24, 2.45) is 0 Å². The summed E-state index contributed by atoms with van der Waals surface area (Å²) >= 11 is 0. The summed E-state index contributed by atoms with van der Waals surface area (Å²) in [4.78, 5) is 24.3. The van der Waals surface area contributed by atoms with Crippen LogP contribution in [0.15, 0.2) is 59.4 Å². The molecule has 2 heterocycles. The second-order valence-electron chi connectivity index (χ2n) is 6.79. The Morgan fingerprint density at radius 2 is 1.90 bits per heavy atom. The molecule has 1 N–H and O–H groups in total. The molecule has 0 unspecified atom stereocenters. The summed E-state index contributed by atoms with van der Waals surface area (Å²) in [5, 5.41) is 7.04. The molecule has 0 saturated carbocycles. The van der Waals surface area contributed by atoms with E-state index >= 15 is 0 Å². The molecule has 0 radical (unpaired) electrons. The maximum absolute atomic E-state index is 12.2. The van der Waals surface area contributed by atoms with Crippen LogP contribution in [0, 0.1) is 6.92 Å². The third kappa shape index (κ3) is 4.60. The summed E-state index contributed by atoms with van der Waals surface area (Å²) in [6, 6.07) is 16.1. The van der Waals surface area contributed by atoms with E-state index in [1.807, 2.05) is 37.3 Å². The molecule has 1 amide bonds. The van der Waals surface area contributed by atoms with E-state index in [-0.39, 0.29) is 24.8 Å². The first-order valence-corrected chi connectivity index (χ1v) is 9.53. The van der Waals surface area contributed by atoms with Gasteiger partial charge in [0, 0.05) is 11.6 Å². The fourth-order valence-corrected chi connectivity index (χ4v) is 2.96. The maximum Gasteiger partial charge on any atom is 0.267 e. The maximum atomic E-state index is 12.2. The zero-order valence-electron chi connectivity index (χ0n) is 16.5. The van der Waals surface area contributed by atoms with Crippen LogP contribution in [0.2, 0.25) is 0 Å². The van der Waals surface area contributed by atoms with Gasteiger partial charge in [0.1, 0.15) is 18.9 Å². The molecule has 154 valence electrons. The number of rotatable bonds is 7. The molecule has 1 aromatic heterocycles. The molecule has 0 spiro atoms. The summed E-state index contributed by atoms with van der Waals surface area (Å²) in [6.07, 6.45) is 0. The Morgan fingerprint density at radius 1 is 1.10 bits per heavy atom. The van der Waals surface area contributed by atoms with Gasteiger partial charge in [0.2, 0.25) is 12.7 Å². The normalized spacial score (nSPS) is 11.9. The van der Waals surface area contributed by atoms with E-state index in [9.17, 15) is 9.59 Å². The summed E-state index contributed by atoms with van der Waals surface area (Å²) < 4.78 is 17.4. The van der Waals surface area contributed by atoms with Gasteiger partial charge in [-0.2, -0.15) is 5.10 Å². The number of hydrogen-bond acceptors (Lipinski definition) is 6. The average Bonchev–Trinajstić information content (AvgIpc) is 3.22.